The number of carbonyl (C=O) groups excluding carboxylic acids is 1. The van der Waals surface area contributed by atoms with Crippen LogP contribution in [0.1, 0.15) is 88.2 Å². The van der Waals surface area contributed by atoms with Crippen molar-refractivity contribution in [2.24, 2.45) is 11.8 Å². The largest absolute Gasteiger partial charge is 0.462 e. The molecule has 0 N–H and O–H groups in total. The summed E-state index contributed by atoms with van der Waals surface area (Å²) in [5.74, 6) is 2.37. The fourth-order valence-corrected chi connectivity index (χ4v) is 5.20. The van der Waals surface area contributed by atoms with E-state index in [0.29, 0.717) is 6.42 Å². The molecule has 0 radical (unpaired) electrons. The Kier molecular flexibility index (Phi) is 7.55. The molecular formula is C25H36O2. The molecule has 1 aromatic carbocycles. The van der Waals surface area contributed by atoms with Crippen LogP contribution in [0.5, 0.6) is 0 Å². The van der Waals surface area contributed by atoms with Crippen molar-refractivity contribution >= 4 is 5.97 Å². The summed E-state index contributed by atoms with van der Waals surface area (Å²) in [6, 6.07) is 9.41. The van der Waals surface area contributed by atoms with Crippen LogP contribution < -0.4 is 0 Å². The van der Waals surface area contributed by atoms with Gasteiger partial charge >= 0.3 is 5.97 Å². The molecule has 3 rings (SSSR count). The van der Waals surface area contributed by atoms with Crippen LogP contribution in [0.2, 0.25) is 0 Å². The zero-order chi connectivity index (χ0) is 19.1. The lowest BCUT2D eigenvalue weighted by Crippen LogP contribution is -2.29. The van der Waals surface area contributed by atoms with Crippen LogP contribution in [-0.4, -0.2) is 12.1 Å². The summed E-state index contributed by atoms with van der Waals surface area (Å²) in [4.78, 5) is 11.6. The van der Waals surface area contributed by atoms with Gasteiger partial charge in [0.25, 0.3) is 0 Å². The Bertz CT molecular complexity index is 587. The summed E-state index contributed by atoms with van der Waals surface area (Å²) in [7, 11) is 0. The maximum absolute atomic E-state index is 11.6. The highest BCUT2D eigenvalue weighted by atomic mass is 16.5. The highest BCUT2D eigenvalue weighted by molar-refractivity contribution is 5.71. The van der Waals surface area contributed by atoms with Gasteiger partial charge in [0, 0.05) is 0 Å². The van der Waals surface area contributed by atoms with Crippen LogP contribution in [0.15, 0.2) is 36.9 Å². The maximum Gasteiger partial charge on any atom is 0.309 e. The summed E-state index contributed by atoms with van der Waals surface area (Å²) >= 11 is 0. The molecule has 2 heteroatoms. The Morgan fingerprint density at radius 3 is 2.15 bits per heavy atom. The number of esters is 1. The molecule has 0 aliphatic heterocycles. The quantitative estimate of drug-likeness (QED) is 0.401. The highest BCUT2D eigenvalue weighted by Gasteiger charge is 2.32. The first-order chi connectivity index (χ1) is 13.2. The average molecular weight is 369 g/mol. The van der Waals surface area contributed by atoms with Crippen LogP contribution in [0.4, 0.5) is 0 Å². The van der Waals surface area contributed by atoms with Crippen molar-refractivity contribution < 1.29 is 9.53 Å². The molecule has 0 aromatic heterocycles. The summed E-state index contributed by atoms with van der Waals surface area (Å²) in [6.07, 6.45) is 14.5. The van der Waals surface area contributed by atoms with E-state index in [4.69, 9.17) is 4.74 Å². The van der Waals surface area contributed by atoms with Crippen LogP contribution in [0.3, 0.4) is 0 Å². The van der Waals surface area contributed by atoms with E-state index in [2.05, 4.69) is 37.8 Å². The van der Waals surface area contributed by atoms with Gasteiger partial charge in [-0.15, -0.1) is 6.58 Å². The summed E-state index contributed by atoms with van der Waals surface area (Å²) in [5, 5.41) is 0. The SMILES string of the molecule is C=CCC(=O)OC1CCC([C@H]2CC[C@H](c3ccc(CCC)cc3)CC2)CC1. The van der Waals surface area contributed by atoms with Gasteiger partial charge in [-0.2, -0.15) is 0 Å². The minimum absolute atomic E-state index is 0.112. The monoisotopic (exact) mass is 368 g/mol. The van der Waals surface area contributed by atoms with Gasteiger partial charge in [-0.05, 0) is 86.7 Å². The van der Waals surface area contributed by atoms with E-state index in [9.17, 15) is 4.79 Å². The topological polar surface area (TPSA) is 26.3 Å². The van der Waals surface area contributed by atoms with Crippen molar-refractivity contribution in [1.29, 1.82) is 0 Å². The smallest absolute Gasteiger partial charge is 0.309 e. The summed E-state index contributed by atoms with van der Waals surface area (Å²) in [6.45, 7) is 5.85. The lowest BCUT2D eigenvalue weighted by atomic mass is 9.69. The van der Waals surface area contributed by atoms with Crippen molar-refractivity contribution in [1.82, 2.24) is 0 Å². The van der Waals surface area contributed by atoms with Gasteiger partial charge in [-0.3, -0.25) is 4.79 Å². The molecule has 0 amide bonds. The molecule has 2 saturated carbocycles. The van der Waals surface area contributed by atoms with E-state index < -0.39 is 0 Å². The maximum atomic E-state index is 11.6. The Morgan fingerprint density at radius 1 is 1.00 bits per heavy atom. The number of hydrogen-bond donors (Lipinski definition) is 0. The van der Waals surface area contributed by atoms with Crippen molar-refractivity contribution in [2.45, 2.75) is 89.6 Å². The van der Waals surface area contributed by atoms with Crippen molar-refractivity contribution in [3.63, 3.8) is 0 Å². The molecule has 0 bridgehead atoms. The second kappa shape index (κ2) is 10.1. The zero-order valence-electron chi connectivity index (χ0n) is 17.0. The van der Waals surface area contributed by atoms with E-state index >= 15 is 0 Å². The molecule has 2 aliphatic carbocycles. The first-order valence-corrected chi connectivity index (χ1v) is 11.1. The average Bonchev–Trinajstić information content (AvgIpc) is 2.70. The van der Waals surface area contributed by atoms with Crippen molar-refractivity contribution in [3.8, 4) is 0 Å². The third kappa shape index (κ3) is 5.70. The Morgan fingerprint density at radius 2 is 1.59 bits per heavy atom. The molecular weight excluding hydrogens is 332 g/mol. The molecule has 0 saturated heterocycles. The zero-order valence-corrected chi connectivity index (χ0v) is 17.0. The van der Waals surface area contributed by atoms with Gasteiger partial charge in [-0.25, -0.2) is 0 Å². The van der Waals surface area contributed by atoms with E-state index in [1.165, 1.54) is 56.9 Å². The van der Waals surface area contributed by atoms with Crippen molar-refractivity contribution in [3.05, 3.63) is 48.0 Å². The lowest BCUT2D eigenvalue weighted by molar-refractivity contribution is -0.150. The number of ether oxygens (including phenoxy) is 1. The van der Waals surface area contributed by atoms with Crippen molar-refractivity contribution in [2.75, 3.05) is 0 Å². The minimum Gasteiger partial charge on any atom is -0.462 e. The van der Waals surface area contributed by atoms with Crippen LogP contribution >= 0.6 is 0 Å². The number of carbonyl (C=O) groups is 1. The van der Waals surface area contributed by atoms with Gasteiger partial charge in [0.2, 0.25) is 0 Å². The van der Waals surface area contributed by atoms with Crippen LogP contribution in [-0.2, 0) is 16.0 Å². The molecule has 0 atom stereocenters. The summed E-state index contributed by atoms with van der Waals surface area (Å²) in [5.41, 5.74) is 3.02. The van der Waals surface area contributed by atoms with E-state index in [-0.39, 0.29) is 12.1 Å². The Labute approximate surface area is 165 Å². The third-order valence-corrected chi connectivity index (χ3v) is 6.76. The van der Waals surface area contributed by atoms with E-state index in [1.54, 1.807) is 11.6 Å². The fourth-order valence-electron chi connectivity index (χ4n) is 5.20. The van der Waals surface area contributed by atoms with E-state index in [0.717, 1.165) is 30.6 Å². The second-order valence-corrected chi connectivity index (χ2v) is 8.62. The predicted octanol–water partition coefficient (Wildman–Crippen LogP) is 6.59. The number of aryl methyl sites for hydroxylation is 1. The molecule has 2 aliphatic rings. The molecule has 27 heavy (non-hydrogen) atoms. The summed E-state index contributed by atoms with van der Waals surface area (Å²) < 4.78 is 5.56. The van der Waals surface area contributed by atoms with Crippen LogP contribution in [0, 0.1) is 11.8 Å². The molecule has 2 fully saturated rings. The van der Waals surface area contributed by atoms with Gasteiger partial charge in [0.05, 0.1) is 6.42 Å². The van der Waals surface area contributed by atoms with E-state index in [1.807, 2.05) is 0 Å². The molecule has 0 spiro atoms. The molecule has 148 valence electrons. The first-order valence-electron chi connectivity index (χ1n) is 11.1. The lowest BCUT2D eigenvalue weighted by Gasteiger charge is -2.37. The normalized spacial score (nSPS) is 28.5. The highest BCUT2D eigenvalue weighted by Crippen LogP contribution is 2.43. The van der Waals surface area contributed by atoms with Crippen LogP contribution in [0.25, 0.3) is 0 Å². The minimum atomic E-state index is -0.112. The molecule has 2 nitrogen and oxygen atoms in total. The number of rotatable bonds is 7. The predicted molar refractivity (Wildman–Crippen MR) is 112 cm³/mol. The molecule has 1 aromatic rings. The molecule has 0 unspecified atom stereocenters. The second-order valence-electron chi connectivity index (χ2n) is 8.62. The van der Waals surface area contributed by atoms with Gasteiger partial charge < -0.3 is 4.74 Å². The Balaban J connectivity index is 1.42. The number of benzene rings is 1. The molecule has 0 heterocycles. The standard InChI is InChI=1S/C25H36O2/c1-3-5-19-7-9-20(10-8-19)21-11-13-22(14-12-21)23-15-17-24(18-16-23)27-25(26)6-4-2/h4,7-10,21-24H,2-3,5-6,11-18H2,1H3/t21-,22-,23?,24?. The third-order valence-electron chi connectivity index (χ3n) is 6.76. The van der Waals surface area contributed by atoms with Gasteiger partial charge in [0.15, 0.2) is 0 Å². The van der Waals surface area contributed by atoms with Gasteiger partial charge in [-0.1, -0.05) is 43.7 Å². The number of hydrogen-bond acceptors (Lipinski definition) is 2. The van der Waals surface area contributed by atoms with Gasteiger partial charge in [0.1, 0.15) is 6.10 Å². The first kappa shape index (κ1) is 20.2. The Hall–Kier alpha value is -1.57. The fraction of sp³-hybridized carbons (Fsp3) is 0.640.